The number of rotatable bonds is 6. The van der Waals surface area contributed by atoms with E-state index in [2.05, 4.69) is 0 Å². The predicted octanol–water partition coefficient (Wildman–Crippen LogP) is 0.550. The molecule has 0 radical (unpaired) electrons. The van der Waals surface area contributed by atoms with Crippen LogP contribution >= 0.6 is 0 Å². The van der Waals surface area contributed by atoms with Crippen molar-refractivity contribution in [2.24, 2.45) is 5.73 Å². The van der Waals surface area contributed by atoms with Gasteiger partial charge in [0.05, 0.1) is 5.75 Å². The first-order valence-electron chi connectivity index (χ1n) is 4.03. The number of hydrogen-bond acceptors (Lipinski definition) is 3. The minimum Gasteiger partial charge on any atom is -0.330 e. The van der Waals surface area contributed by atoms with Crippen LogP contribution in [-0.2, 0) is 9.84 Å². The number of sulfone groups is 1. The summed E-state index contributed by atoms with van der Waals surface area (Å²) in [5.74, 6) is 0.621. The molecule has 0 saturated heterocycles. The van der Waals surface area contributed by atoms with Crippen LogP contribution in [-0.4, -0.2) is 26.5 Å². The van der Waals surface area contributed by atoms with E-state index >= 15 is 0 Å². The van der Waals surface area contributed by atoms with Crippen LogP contribution in [0.15, 0.2) is 0 Å². The Labute approximate surface area is 68.9 Å². The lowest BCUT2D eigenvalue weighted by molar-refractivity contribution is 0.590. The summed E-state index contributed by atoms with van der Waals surface area (Å²) in [6, 6.07) is 0. The van der Waals surface area contributed by atoms with E-state index < -0.39 is 9.84 Å². The highest BCUT2D eigenvalue weighted by molar-refractivity contribution is 7.91. The van der Waals surface area contributed by atoms with Crippen molar-refractivity contribution in [1.82, 2.24) is 0 Å². The van der Waals surface area contributed by atoms with Crippen LogP contribution in [0.2, 0.25) is 0 Å². The fourth-order valence-corrected chi connectivity index (χ4v) is 2.35. The third-order valence-corrected chi connectivity index (χ3v) is 3.37. The Morgan fingerprint density at radius 2 is 1.82 bits per heavy atom. The average Bonchev–Trinajstić information content (AvgIpc) is 1.87. The van der Waals surface area contributed by atoms with Gasteiger partial charge in [0, 0.05) is 5.75 Å². The summed E-state index contributed by atoms with van der Waals surface area (Å²) >= 11 is 0. The molecule has 0 aromatic heterocycles. The van der Waals surface area contributed by atoms with Gasteiger partial charge < -0.3 is 5.73 Å². The van der Waals surface area contributed by atoms with E-state index in [-0.39, 0.29) is 0 Å². The van der Waals surface area contributed by atoms with Gasteiger partial charge in [0.2, 0.25) is 0 Å². The molecule has 0 saturated carbocycles. The number of unbranched alkanes of at least 4 members (excludes halogenated alkanes) is 1. The summed E-state index contributed by atoms with van der Waals surface area (Å²) in [6.45, 7) is 2.46. The summed E-state index contributed by atoms with van der Waals surface area (Å²) in [5, 5.41) is 0. The third-order valence-electron chi connectivity index (χ3n) is 1.42. The fraction of sp³-hybridized carbons (Fsp3) is 1.00. The highest BCUT2D eigenvalue weighted by Crippen LogP contribution is 1.98. The maximum Gasteiger partial charge on any atom is 0.150 e. The minimum atomic E-state index is -2.76. The second-order valence-electron chi connectivity index (χ2n) is 2.65. The molecule has 0 aliphatic rings. The van der Waals surface area contributed by atoms with Crippen LogP contribution in [0.1, 0.15) is 26.2 Å². The van der Waals surface area contributed by atoms with E-state index in [0.29, 0.717) is 30.9 Å². The van der Waals surface area contributed by atoms with Crippen molar-refractivity contribution in [3.8, 4) is 0 Å². The standard InChI is InChI=1S/C7H17NO2S/c1-2-6-11(9,10)7-4-3-5-8/h2-8H2,1H3. The second kappa shape index (κ2) is 5.55. The lowest BCUT2D eigenvalue weighted by atomic mass is 10.3. The number of hydrogen-bond donors (Lipinski definition) is 1. The Morgan fingerprint density at radius 3 is 2.27 bits per heavy atom. The van der Waals surface area contributed by atoms with E-state index in [1.165, 1.54) is 0 Å². The first kappa shape index (κ1) is 10.9. The van der Waals surface area contributed by atoms with Crippen LogP contribution < -0.4 is 5.73 Å². The predicted molar refractivity (Wildman–Crippen MR) is 47.2 cm³/mol. The molecular formula is C7H17NO2S. The topological polar surface area (TPSA) is 60.2 Å². The van der Waals surface area contributed by atoms with E-state index in [1.807, 2.05) is 6.92 Å². The molecule has 0 rings (SSSR count). The van der Waals surface area contributed by atoms with Gasteiger partial charge in [-0.1, -0.05) is 6.92 Å². The zero-order valence-corrected chi connectivity index (χ0v) is 7.86. The van der Waals surface area contributed by atoms with E-state index in [0.717, 1.165) is 6.42 Å². The average molecular weight is 179 g/mol. The van der Waals surface area contributed by atoms with Crippen LogP contribution in [0, 0.1) is 0 Å². The van der Waals surface area contributed by atoms with Gasteiger partial charge in [-0.05, 0) is 25.8 Å². The molecule has 0 aliphatic heterocycles. The Morgan fingerprint density at radius 1 is 1.18 bits per heavy atom. The van der Waals surface area contributed by atoms with Gasteiger partial charge in [0.25, 0.3) is 0 Å². The lowest BCUT2D eigenvalue weighted by Gasteiger charge is -2.00. The summed E-state index contributed by atoms with van der Waals surface area (Å²) in [7, 11) is -2.76. The fourth-order valence-electron chi connectivity index (χ4n) is 0.879. The Balaban J connectivity index is 3.56. The molecular weight excluding hydrogens is 162 g/mol. The van der Waals surface area contributed by atoms with Crippen LogP contribution in [0.25, 0.3) is 0 Å². The molecule has 0 spiro atoms. The molecule has 0 heterocycles. The van der Waals surface area contributed by atoms with Gasteiger partial charge in [-0.25, -0.2) is 8.42 Å². The molecule has 0 aromatic rings. The molecule has 0 atom stereocenters. The van der Waals surface area contributed by atoms with Crippen molar-refractivity contribution in [2.75, 3.05) is 18.1 Å². The molecule has 2 N–H and O–H groups in total. The summed E-state index contributed by atoms with van der Waals surface area (Å²) in [6.07, 6.45) is 2.23. The smallest absolute Gasteiger partial charge is 0.150 e. The van der Waals surface area contributed by atoms with Crippen LogP contribution in [0.3, 0.4) is 0 Å². The summed E-state index contributed by atoms with van der Waals surface area (Å²) in [5.41, 5.74) is 5.24. The molecule has 0 unspecified atom stereocenters. The zero-order valence-electron chi connectivity index (χ0n) is 7.04. The van der Waals surface area contributed by atoms with Crippen molar-refractivity contribution >= 4 is 9.84 Å². The molecule has 0 aliphatic carbocycles. The Bertz CT molecular complexity index is 175. The van der Waals surface area contributed by atoms with Crippen molar-refractivity contribution in [2.45, 2.75) is 26.2 Å². The maximum absolute atomic E-state index is 11.1. The maximum atomic E-state index is 11.1. The molecule has 11 heavy (non-hydrogen) atoms. The van der Waals surface area contributed by atoms with E-state index in [1.54, 1.807) is 0 Å². The molecule has 0 bridgehead atoms. The van der Waals surface area contributed by atoms with Gasteiger partial charge >= 0.3 is 0 Å². The summed E-state index contributed by atoms with van der Waals surface area (Å²) in [4.78, 5) is 0. The highest BCUT2D eigenvalue weighted by Gasteiger charge is 2.07. The lowest BCUT2D eigenvalue weighted by Crippen LogP contribution is -2.11. The molecule has 0 aromatic carbocycles. The molecule has 0 amide bonds. The van der Waals surface area contributed by atoms with Gasteiger partial charge in [-0.2, -0.15) is 0 Å². The normalized spacial score (nSPS) is 11.8. The van der Waals surface area contributed by atoms with Crippen molar-refractivity contribution in [3.05, 3.63) is 0 Å². The second-order valence-corrected chi connectivity index (χ2v) is 4.95. The largest absolute Gasteiger partial charge is 0.330 e. The SMILES string of the molecule is CCCS(=O)(=O)CCCCN. The number of nitrogens with two attached hydrogens (primary N) is 1. The monoisotopic (exact) mass is 179 g/mol. The van der Waals surface area contributed by atoms with Gasteiger partial charge in [0.1, 0.15) is 9.84 Å². The first-order valence-corrected chi connectivity index (χ1v) is 5.85. The van der Waals surface area contributed by atoms with Gasteiger partial charge in [-0.15, -0.1) is 0 Å². The van der Waals surface area contributed by atoms with Gasteiger partial charge in [0.15, 0.2) is 0 Å². The van der Waals surface area contributed by atoms with Crippen LogP contribution in [0.5, 0.6) is 0 Å². The zero-order chi connectivity index (χ0) is 8.74. The molecule has 0 fully saturated rings. The minimum absolute atomic E-state index is 0.304. The van der Waals surface area contributed by atoms with Crippen molar-refractivity contribution < 1.29 is 8.42 Å². The Kier molecular flexibility index (Phi) is 5.50. The Hall–Kier alpha value is -0.0900. The molecule has 68 valence electrons. The summed E-state index contributed by atoms with van der Waals surface area (Å²) < 4.78 is 22.1. The van der Waals surface area contributed by atoms with E-state index in [4.69, 9.17) is 5.73 Å². The van der Waals surface area contributed by atoms with Crippen molar-refractivity contribution in [3.63, 3.8) is 0 Å². The van der Waals surface area contributed by atoms with E-state index in [9.17, 15) is 8.42 Å². The van der Waals surface area contributed by atoms with Crippen LogP contribution in [0.4, 0.5) is 0 Å². The molecule has 3 nitrogen and oxygen atoms in total. The highest BCUT2D eigenvalue weighted by atomic mass is 32.2. The first-order chi connectivity index (χ1) is 5.12. The van der Waals surface area contributed by atoms with Crippen molar-refractivity contribution in [1.29, 1.82) is 0 Å². The van der Waals surface area contributed by atoms with Gasteiger partial charge in [-0.3, -0.25) is 0 Å². The quantitative estimate of drug-likeness (QED) is 0.606. The molecule has 4 heteroatoms. The third kappa shape index (κ3) is 6.31.